The van der Waals surface area contributed by atoms with E-state index < -0.39 is 29.1 Å². The molecule has 5 nitrogen and oxygen atoms in total. The predicted octanol–water partition coefficient (Wildman–Crippen LogP) is 4.40. The Morgan fingerprint density at radius 3 is 2.52 bits per heavy atom. The summed E-state index contributed by atoms with van der Waals surface area (Å²) in [5.74, 6) is -3.47. The van der Waals surface area contributed by atoms with Crippen LogP contribution >= 0.6 is 0 Å². The van der Waals surface area contributed by atoms with Crippen LogP contribution in [-0.2, 0) is 9.68 Å². The fourth-order valence-corrected chi connectivity index (χ4v) is 2.51. The lowest BCUT2D eigenvalue weighted by molar-refractivity contribution is 0.0852. The molecule has 0 radical (unpaired) electrons. The van der Waals surface area contributed by atoms with Crippen molar-refractivity contribution >= 4 is 11.9 Å². The van der Waals surface area contributed by atoms with Gasteiger partial charge >= 0.3 is 0 Å². The van der Waals surface area contributed by atoms with Gasteiger partial charge in [0.1, 0.15) is 19.0 Å². The summed E-state index contributed by atoms with van der Waals surface area (Å²) in [5.41, 5.74) is -0.284. The number of hydrogen-bond acceptors (Lipinski definition) is 5. The first-order valence-corrected chi connectivity index (χ1v) is 7.84. The van der Waals surface area contributed by atoms with Crippen LogP contribution in [0.15, 0.2) is 40.6 Å². The lowest BCUT2D eigenvalue weighted by Crippen LogP contribution is -2.13. The van der Waals surface area contributed by atoms with Crippen molar-refractivity contribution in [3.8, 4) is 6.07 Å². The van der Waals surface area contributed by atoms with Crippen molar-refractivity contribution in [1.29, 1.82) is 5.26 Å². The van der Waals surface area contributed by atoms with Gasteiger partial charge in [0.05, 0.1) is 0 Å². The summed E-state index contributed by atoms with van der Waals surface area (Å²) in [6.07, 6.45) is 0.0657. The third-order valence-corrected chi connectivity index (χ3v) is 3.74. The third kappa shape index (κ3) is 4.08. The van der Waals surface area contributed by atoms with Gasteiger partial charge in [-0.05, 0) is 19.9 Å². The number of hydrogen-bond donors (Lipinski definition) is 0. The van der Waals surface area contributed by atoms with Crippen LogP contribution in [0.2, 0.25) is 0 Å². The highest BCUT2D eigenvalue weighted by Crippen LogP contribution is 2.33. The minimum absolute atomic E-state index is 0.0955. The van der Waals surface area contributed by atoms with Gasteiger partial charge in [-0.2, -0.15) is 5.26 Å². The summed E-state index contributed by atoms with van der Waals surface area (Å²) in [6.45, 7) is 2.69. The molecule has 2 aromatic rings. The molecule has 2 rings (SSSR count). The van der Waals surface area contributed by atoms with Gasteiger partial charge in [0.25, 0.3) is 0 Å². The zero-order valence-electron chi connectivity index (χ0n) is 14.8. The molecule has 27 heavy (non-hydrogen) atoms. The molecule has 8 heteroatoms. The van der Waals surface area contributed by atoms with Crippen LogP contribution in [0.1, 0.15) is 35.3 Å². The maximum atomic E-state index is 14.7. The number of nitrogens with zero attached hydrogens (tertiary/aromatic N) is 3. The first-order valence-electron chi connectivity index (χ1n) is 7.84. The second-order valence-electron chi connectivity index (χ2n) is 5.37. The van der Waals surface area contributed by atoms with Crippen molar-refractivity contribution in [2.75, 3.05) is 7.11 Å². The van der Waals surface area contributed by atoms with E-state index in [0.717, 1.165) is 6.92 Å². The Hall–Kier alpha value is -3.34. The first-order chi connectivity index (χ1) is 13.0. The molecular weight excluding hydrogens is 359 g/mol. The molecule has 1 unspecified atom stereocenters. The normalized spacial score (nSPS) is 12.7. The molecule has 140 valence electrons. The fraction of sp³-hybridized carbons (Fsp3) is 0.211. The lowest BCUT2D eigenvalue weighted by Gasteiger charge is -2.20. The van der Waals surface area contributed by atoms with Gasteiger partial charge in [0, 0.05) is 28.5 Å². The molecule has 1 atom stereocenters. The molecule has 0 spiro atoms. The maximum absolute atomic E-state index is 14.7. The molecule has 0 bridgehead atoms. The quantitative estimate of drug-likeness (QED) is 0.427. The van der Waals surface area contributed by atoms with Crippen molar-refractivity contribution in [3.63, 3.8) is 0 Å². The van der Waals surface area contributed by atoms with E-state index in [2.05, 4.69) is 15.1 Å². The van der Waals surface area contributed by atoms with Crippen LogP contribution in [0, 0.1) is 35.7 Å². The van der Waals surface area contributed by atoms with Gasteiger partial charge in [-0.25, -0.2) is 13.2 Å². The van der Waals surface area contributed by atoms with Crippen LogP contribution in [0.4, 0.5) is 13.2 Å². The summed E-state index contributed by atoms with van der Waals surface area (Å²) in [4.78, 5) is 10.0. The topological polar surface area (TPSA) is 67.0 Å². The van der Waals surface area contributed by atoms with Crippen LogP contribution in [0.5, 0.6) is 0 Å². The molecular formula is C19H16F3N3O2. The highest BCUT2D eigenvalue weighted by atomic mass is 19.2. The molecule has 0 heterocycles. The summed E-state index contributed by atoms with van der Waals surface area (Å²) < 4.78 is 42.3. The van der Waals surface area contributed by atoms with E-state index in [1.807, 2.05) is 6.07 Å². The number of halogens is 3. The van der Waals surface area contributed by atoms with Crippen LogP contribution in [0.25, 0.3) is 0 Å². The Bertz CT molecular complexity index is 937. The van der Waals surface area contributed by atoms with E-state index in [4.69, 9.17) is 4.84 Å². The molecule has 0 saturated carbocycles. The van der Waals surface area contributed by atoms with E-state index >= 15 is 0 Å². The van der Waals surface area contributed by atoms with Gasteiger partial charge in [-0.3, -0.25) is 0 Å². The number of rotatable bonds is 6. The van der Waals surface area contributed by atoms with Gasteiger partial charge in [0.2, 0.25) is 0 Å². The molecule has 0 aliphatic carbocycles. The van der Waals surface area contributed by atoms with Crippen molar-refractivity contribution < 1.29 is 22.8 Å². The highest BCUT2D eigenvalue weighted by molar-refractivity contribution is 6.12. The van der Waals surface area contributed by atoms with E-state index in [-0.39, 0.29) is 22.4 Å². The monoisotopic (exact) mass is 375 g/mol. The molecule has 0 aromatic heterocycles. The molecule has 0 aliphatic rings. The number of nitriles is 1. The second kappa shape index (κ2) is 8.85. The number of oxime groups is 2. The van der Waals surface area contributed by atoms with E-state index in [1.54, 1.807) is 31.2 Å². The molecule has 0 N–H and O–H groups in total. The van der Waals surface area contributed by atoms with Crippen LogP contribution in [0.3, 0.4) is 0 Å². The Morgan fingerprint density at radius 1 is 1.19 bits per heavy atom. The summed E-state index contributed by atoms with van der Waals surface area (Å²) >= 11 is 0. The van der Waals surface area contributed by atoms with Crippen molar-refractivity contribution in [2.24, 2.45) is 10.3 Å². The minimum Gasteiger partial charge on any atom is -0.398 e. The smallest absolute Gasteiger partial charge is 0.187 e. The highest BCUT2D eigenvalue weighted by Gasteiger charge is 2.28. The predicted molar refractivity (Wildman–Crippen MR) is 93.7 cm³/mol. The Morgan fingerprint density at radius 2 is 1.89 bits per heavy atom. The van der Waals surface area contributed by atoms with Crippen molar-refractivity contribution in [2.45, 2.75) is 20.0 Å². The average molecular weight is 375 g/mol. The van der Waals surface area contributed by atoms with E-state index in [0.29, 0.717) is 6.07 Å². The van der Waals surface area contributed by atoms with Crippen molar-refractivity contribution in [1.82, 2.24) is 0 Å². The van der Waals surface area contributed by atoms with Gasteiger partial charge in [0.15, 0.2) is 23.5 Å². The largest absolute Gasteiger partial charge is 0.398 e. The summed E-state index contributed by atoms with van der Waals surface area (Å²) in [7, 11) is 1.27. The summed E-state index contributed by atoms with van der Waals surface area (Å²) in [6, 6.07) is 8.93. The zero-order chi connectivity index (χ0) is 20.0. The summed E-state index contributed by atoms with van der Waals surface area (Å²) in [5, 5.41) is 16.6. The van der Waals surface area contributed by atoms with Crippen molar-refractivity contribution in [3.05, 3.63) is 70.0 Å². The van der Waals surface area contributed by atoms with Gasteiger partial charge < -0.3 is 9.68 Å². The van der Waals surface area contributed by atoms with E-state index in [9.17, 15) is 18.4 Å². The SMILES string of the molecule is CC=NOC(c1ccccc1C(C#N)=NOC)c1cc(F)c(F)c(C)c1F. The van der Waals surface area contributed by atoms with E-state index in [1.165, 1.54) is 13.3 Å². The van der Waals surface area contributed by atoms with Gasteiger partial charge in [-0.15, -0.1) is 0 Å². The molecule has 0 fully saturated rings. The Labute approximate surface area is 154 Å². The zero-order valence-corrected chi connectivity index (χ0v) is 14.8. The Kier molecular flexibility index (Phi) is 6.55. The standard InChI is InChI=1S/C19H16F3N3O2/c1-4-24-27-19(14-9-15(20)18(22)11(2)17(14)21)13-8-6-5-7-12(13)16(10-23)25-26-3/h4-9,19H,1-3H3. The maximum Gasteiger partial charge on any atom is 0.187 e. The first kappa shape index (κ1) is 20.0. The molecule has 0 aliphatic heterocycles. The molecule has 0 saturated heterocycles. The molecule has 0 amide bonds. The second-order valence-corrected chi connectivity index (χ2v) is 5.37. The fourth-order valence-electron chi connectivity index (χ4n) is 2.51. The van der Waals surface area contributed by atoms with Gasteiger partial charge in [-0.1, -0.05) is 34.6 Å². The van der Waals surface area contributed by atoms with Crippen LogP contribution in [-0.4, -0.2) is 19.0 Å². The van der Waals surface area contributed by atoms with Crippen LogP contribution < -0.4 is 0 Å². The lowest BCUT2D eigenvalue weighted by atomic mass is 9.93. The average Bonchev–Trinajstić information content (AvgIpc) is 2.68. The molecule has 2 aromatic carbocycles. The Balaban J connectivity index is 2.75. The number of benzene rings is 2. The third-order valence-electron chi connectivity index (χ3n) is 3.74. The minimum atomic E-state index is -1.28.